The minimum absolute atomic E-state index is 0.140. The summed E-state index contributed by atoms with van der Waals surface area (Å²) >= 11 is 1.44. The van der Waals surface area contributed by atoms with Gasteiger partial charge < -0.3 is 20.1 Å². The number of rotatable bonds is 17. The molecule has 0 saturated carbocycles. The van der Waals surface area contributed by atoms with Gasteiger partial charge in [-0.05, 0) is 60.6 Å². The number of hydrogen-bond donors (Lipinski definition) is 2. The SMILES string of the molecule is CCCCCCCOc1ccc(-c2cnc(-c3ccc(CC(NC(=O)c4ccc(CC(C)C)s4)C(=O)N4CCC(C(=O)O)C4)cc3)nc2)cc1. The van der Waals surface area contributed by atoms with E-state index in [-0.39, 0.29) is 24.8 Å². The molecule has 1 aliphatic heterocycles. The van der Waals surface area contributed by atoms with Gasteiger partial charge in [0.05, 0.1) is 17.4 Å². The molecule has 2 aromatic heterocycles. The van der Waals surface area contributed by atoms with Crippen molar-refractivity contribution in [3.63, 3.8) is 0 Å². The molecule has 10 heteroatoms. The summed E-state index contributed by atoms with van der Waals surface area (Å²) in [4.78, 5) is 51.0. The van der Waals surface area contributed by atoms with Gasteiger partial charge in [0.15, 0.2) is 5.82 Å². The summed E-state index contributed by atoms with van der Waals surface area (Å²) in [5.41, 5.74) is 3.59. The number of carboxylic acid groups (broad SMARTS) is 1. The highest BCUT2D eigenvalue weighted by atomic mass is 32.1. The molecule has 0 spiro atoms. The Morgan fingerprint density at radius 1 is 0.900 bits per heavy atom. The third kappa shape index (κ3) is 10.2. The molecule has 0 aliphatic carbocycles. The highest BCUT2D eigenvalue weighted by Crippen LogP contribution is 2.25. The lowest BCUT2D eigenvalue weighted by Gasteiger charge is -2.24. The fraction of sp³-hybridized carbons (Fsp3) is 0.425. The molecule has 0 bridgehead atoms. The van der Waals surface area contributed by atoms with Gasteiger partial charge >= 0.3 is 5.97 Å². The number of thiophene rings is 1. The van der Waals surface area contributed by atoms with Gasteiger partial charge in [-0.25, -0.2) is 9.97 Å². The first-order valence-electron chi connectivity index (χ1n) is 17.8. The van der Waals surface area contributed by atoms with Crippen molar-refractivity contribution < 1.29 is 24.2 Å². The zero-order chi connectivity index (χ0) is 35.5. The van der Waals surface area contributed by atoms with E-state index in [9.17, 15) is 19.5 Å². The van der Waals surface area contributed by atoms with Crippen LogP contribution in [0.5, 0.6) is 5.75 Å². The maximum Gasteiger partial charge on any atom is 0.308 e. The molecule has 2 atom stereocenters. The molecule has 1 aliphatic rings. The molecule has 3 heterocycles. The quantitative estimate of drug-likeness (QED) is 0.109. The predicted molar refractivity (Wildman–Crippen MR) is 197 cm³/mol. The maximum atomic E-state index is 13.7. The molecule has 0 radical (unpaired) electrons. The van der Waals surface area contributed by atoms with Crippen LogP contribution in [0.1, 0.15) is 79.4 Å². The molecule has 2 amide bonds. The monoisotopic (exact) mass is 696 g/mol. The van der Waals surface area contributed by atoms with E-state index in [1.165, 1.54) is 37.0 Å². The first kappa shape index (κ1) is 36.7. The van der Waals surface area contributed by atoms with Crippen LogP contribution in [-0.2, 0) is 22.4 Å². The largest absolute Gasteiger partial charge is 0.494 e. The summed E-state index contributed by atoms with van der Waals surface area (Å²) < 4.78 is 5.90. The Hall–Kier alpha value is -4.57. The lowest BCUT2D eigenvalue weighted by atomic mass is 10.0. The smallest absolute Gasteiger partial charge is 0.308 e. The minimum atomic E-state index is -0.908. The highest BCUT2D eigenvalue weighted by molar-refractivity contribution is 7.14. The molecule has 2 aromatic carbocycles. The highest BCUT2D eigenvalue weighted by Gasteiger charge is 2.35. The van der Waals surface area contributed by atoms with E-state index < -0.39 is 17.9 Å². The second-order valence-corrected chi connectivity index (χ2v) is 14.6. The minimum Gasteiger partial charge on any atom is -0.494 e. The molecule has 1 fully saturated rings. The number of unbranched alkanes of at least 4 members (excludes halogenated alkanes) is 4. The predicted octanol–water partition coefficient (Wildman–Crippen LogP) is 7.69. The van der Waals surface area contributed by atoms with Gasteiger partial charge in [-0.15, -0.1) is 11.3 Å². The Morgan fingerprint density at radius 3 is 2.26 bits per heavy atom. The molecule has 50 heavy (non-hydrogen) atoms. The van der Waals surface area contributed by atoms with Crippen molar-refractivity contribution >= 4 is 29.1 Å². The summed E-state index contributed by atoms with van der Waals surface area (Å²) in [5.74, 6) is -0.175. The topological polar surface area (TPSA) is 122 Å². The summed E-state index contributed by atoms with van der Waals surface area (Å²) in [7, 11) is 0. The van der Waals surface area contributed by atoms with Gasteiger partial charge in [0.1, 0.15) is 11.8 Å². The number of carboxylic acids is 1. The van der Waals surface area contributed by atoms with Gasteiger partial charge in [-0.3, -0.25) is 14.4 Å². The summed E-state index contributed by atoms with van der Waals surface area (Å²) in [6.45, 7) is 7.70. The van der Waals surface area contributed by atoms with Crippen molar-refractivity contribution in [3.8, 4) is 28.3 Å². The number of benzene rings is 2. The van der Waals surface area contributed by atoms with Crippen molar-refractivity contribution in [2.75, 3.05) is 19.7 Å². The molecular formula is C40H48N4O5S. The molecule has 264 valence electrons. The lowest BCUT2D eigenvalue weighted by molar-refractivity contribution is -0.141. The zero-order valence-electron chi connectivity index (χ0n) is 29.3. The van der Waals surface area contributed by atoms with Gasteiger partial charge in [-0.2, -0.15) is 0 Å². The number of aliphatic carboxylic acids is 1. The Kier molecular flexibility index (Phi) is 13.1. The van der Waals surface area contributed by atoms with Crippen LogP contribution in [0.15, 0.2) is 73.1 Å². The van der Waals surface area contributed by atoms with Crippen LogP contribution in [0.3, 0.4) is 0 Å². The normalized spacial score (nSPS) is 14.9. The van der Waals surface area contributed by atoms with E-state index in [4.69, 9.17) is 4.74 Å². The Bertz CT molecular complexity index is 1700. The van der Waals surface area contributed by atoms with Crippen LogP contribution in [0, 0.1) is 11.8 Å². The molecule has 9 nitrogen and oxygen atoms in total. The van der Waals surface area contributed by atoms with Crippen LogP contribution in [0.25, 0.3) is 22.5 Å². The van der Waals surface area contributed by atoms with Gasteiger partial charge in [-0.1, -0.05) is 82.9 Å². The van der Waals surface area contributed by atoms with Crippen LogP contribution in [-0.4, -0.2) is 63.5 Å². The number of amides is 2. The second-order valence-electron chi connectivity index (χ2n) is 13.5. The van der Waals surface area contributed by atoms with E-state index in [0.717, 1.165) is 52.3 Å². The second kappa shape index (κ2) is 17.9. The van der Waals surface area contributed by atoms with Gasteiger partial charge in [0, 0.05) is 47.9 Å². The lowest BCUT2D eigenvalue weighted by Crippen LogP contribution is -2.49. The third-order valence-electron chi connectivity index (χ3n) is 8.96. The maximum absolute atomic E-state index is 13.7. The van der Waals surface area contributed by atoms with Crippen LogP contribution in [0.4, 0.5) is 0 Å². The number of hydrogen-bond acceptors (Lipinski definition) is 7. The van der Waals surface area contributed by atoms with Crippen molar-refractivity contribution in [2.24, 2.45) is 11.8 Å². The average molecular weight is 697 g/mol. The van der Waals surface area contributed by atoms with Gasteiger partial charge in [0.25, 0.3) is 5.91 Å². The van der Waals surface area contributed by atoms with Crippen molar-refractivity contribution in [2.45, 2.75) is 78.2 Å². The number of carbonyl (C=O) groups excluding carboxylic acids is 2. The Morgan fingerprint density at radius 2 is 1.60 bits per heavy atom. The molecule has 2 N–H and O–H groups in total. The van der Waals surface area contributed by atoms with E-state index in [1.807, 2.05) is 67.0 Å². The fourth-order valence-electron chi connectivity index (χ4n) is 6.11. The number of likely N-dealkylation sites (tertiary alicyclic amines) is 1. The van der Waals surface area contributed by atoms with Crippen molar-refractivity contribution in [1.82, 2.24) is 20.2 Å². The number of carbonyl (C=O) groups is 3. The molecule has 1 saturated heterocycles. The van der Waals surface area contributed by atoms with Crippen LogP contribution < -0.4 is 10.1 Å². The number of nitrogens with zero attached hydrogens (tertiary/aromatic N) is 3. The third-order valence-corrected chi connectivity index (χ3v) is 10.1. The van der Waals surface area contributed by atoms with Crippen molar-refractivity contribution in [3.05, 3.63) is 88.4 Å². The fourth-order valence-corrected chi connectivity index (χ4v) is 7.24. The zero-order valence-corrected chi connectivity index (χ0v) is 30.1. The molecule has 5 rings (SSSR count). The standard InChI is InChI=1S/C40H48N4O5S/c1-4-5-6-7-8-21-49-33-15-13-29(14-16-33)32-24-41-37(42-25-32)30-11-9-28(10-12-30)23-35(39(46)44-20-19-31(26-44)40(47)48)43-38(45)36-18-17-34(50-36)22-27(2)3/h9-18,24-25,27,31,35H,4-8,19-23,26H2,1-3H3,(H,43,45)(H,47,48). The first-order valence-corrected chi connectivity index (χ1v) is 18.6. The van der Waals surface area contributed by atoms with E-state index in [1.54, 1.807) is 11.0 Å². The number of nitrogens with one attached hydrogen (secondary N) is 1. The summed E-state index contributed by atoms with van der Waals surface area (Å²) in [6.07, 6.45) is 11.2. The Labute approximate surface area is 299 Å². The number of ether oxygens (including phenoxy) is 1. The molecule has 4 aromatic rings. The van der Waals surface area contributed by atoms with E-state index in [0.29, 0.717) is 29.6 Å². The molecular weight excluding hydrogens is 649 g/mol. The van der Waals surface area contributed by atoms with Gasteiger partial charge in [0.2, 0.25) is 5.91 Å². The summed E-state index contributed by atoms with van der Waals surface area (Å²) in [6, 6.07) is 18.6. The van der Waals surface area contributed by atoms with Crippen molar-refractivity contribution in [1.29, 1.82) is 0 Å². The molecule has 2 unspecified atom stereocenters. The first-order chi connectivity index (χ1) is 24.2. The van der Waals surface area contributed by atoms with Crippen LogP contribution >= 0.6 is 11.3 Å². The van der Waals surface area contributed by atoms with E-state index >= 15 is 0 Å². The Balaban J connectivity index is 1.22. The average Bonchev–Trinajstić information content (AvgIpc) is 3.81. The van der Waals surface area contributed by atoms with E-state index in [2.05, 4.69) is 36.1 Å². The number of aromatic nitrogens is 2. The van der Waals surface area contributed by atoms with Crippen LogP contribution in [0.2, 0.25) is 0 Å². The summed E-state index contributed by atoms with van der Waals surface area (Å²) in [5, 5.41) is 12.4.